The number of rotatable bonds is 2. The second-order valence-electron chi connectivity index (χ2n) is 8.63. The lowest BCUT2D eigenvalue weighted by Gasteiger charge is -2.14. The van der Waals surface area contributed by atoms with Crippen molar-refractivity contribution >= 4 is 32.7 Å². The zero-order chi connectivity index (χ0) is 23.4. The Balaban J connectivity index is 1.63. The van der Waals surface area contributed by atoms with Gasteiger partial charge in [-0.1, -0.05) is 60.7 Å². The Morgan fingerprint density at radius 2 is 1.03 bits per heavy atom. The Hall–Kier alpha value is -4.44. The van der Waals surface area contributed by atoms with Gasteiger partial charge in [-0.15, -0.1) is 0 Å². The van der Waals surface area contributed by atoms with Gasteiger partial charge in [-0.2, -0.15) is 0 Å². The first kappa shape index (κ1) is 20.2. The smallest absolute Gasteiger partial charge is 0.336 e. The van der Waals surface area contributed by atoms with E-state index in [-0.39, 0.29) is 11.3 Å². The third-order valence-corrected chi connectivity index (χ3v) is 6.43. The molecule has 0 aliphatic carbocycles. The number of hydrogen-bond acceptors (Lipinski definition) is 4. The lowest BCUT2D eigenvalue weighted by Crippen LogP contribution is -1.98. The van der Waals surface area contributed by atoms with Crippen LogP contribution in [-0.4, -0.2) is 0 Å². The molecule has 0 aliphatic rings. The summed E-state index contributed by atoms with van der Waals surface area (Å²) < 4.78 is 11.0. The lowest BCUT2D eigenvalue weighted by atomic mass is 9.90. The van der Waals surface area contributed by atoms with Crippen molar-refractivity contribution in [1.29, 1.82) is 0 Å². The van der Waals surface area contributed by atoms with E-state index in [1.54, 1.807) is 0 Å². The van der Waals surface area contributed by atoms with Gasteiger partial charge < -0.3 is 8.83 Å². The van der Waals surface area contributed by atoms with Gasteiger partial charge in [0, 0.05) is 22.9 Å². The maximum absolute atomic E-state index is 12.0. The summed E-state index contributed by atoms with van der Waals surface area (Å²) in [4.78, 5) is 23.9. The highest BCUT2D eigenvalue weighted by Gasteiger charge is 2.13. The monoisotopic (exact) mass is 444 g/mol. The van der Waals surface area contributed by atoms with E-state index < -0.39 is 0 Å². The first-order chi connectivity index (χ1) is 16.5. The summed E-state index contributed by atoms with van der Waals surface area (Å²) >= 11 is 0. The number of benzene rings is 4. The minimum absolute atomic E-state index is 0.353. The average molecular weight is 444 g/mol. The van der Waals surface area contributed by atoms with Crippen LogP contribution < -0.4 is 11.3 Å². The summed E-state index contributed by atoms with van der Waals surface area (Å²) in [7, 11) is 0. The molecule has 0 bridgehead atoms. The summed E-state index contributed by atoms with van der Waals surface area (Å²) in [5, 5.41) is 4.01. The Labute approximate surface area is 194 Å². The summed E-state index contributed by atoms with van der Waals surface area (Å²) in [6.45, 7) is 3.82. The van der Waals surface area contributed by atoms with Crippen molar-refractivity contribution in [2.24, 2.45) is 0 Å². The average Bonchev–Trinajstić information content (AvgIpc) is 2.82. The van der Waals surface area contributed by atoms with E-state index in [9.17, 15) is 9.59 Å². The van der Waals surface area contributed by atoms with Gasteiger partial charge in [0.1, 0.15) is 11.2 Å². The van der Waals surface area contributed by atoms with Gasteiger partial charge in [-0.3, -0.25) is 0 Å². The van der Waals surface area contributed by atoms with Gasteiger partial charge >= 0.3 is 11.3 Å². The number of fused-ring (bicyclic) bond motifs is 3. The molecule has 0 amide bonds. The van der Waals surface area contributed by atoms with Crippen LogP contribution in [-0.2, 0) is 0 Å². The van der Waals surface area contributed by atoms with Crippen molar-refractivity contribution in [3.8, 4) is 22.3 Å². The third kappa shape index (κ3) is 3.23. The third-order valence-electron chi connectivity index (χ3n) is 6.43. The molecule has 4 nitrogen and oxygen atoms in total. The summed E-state index contributed by atoms with van der Waals surface area (Å²) in [5.74, 6) is 0. The van der Waals surface area contributed by atoms with Gasteiger partial charge in [0.2, 0.25) is 0 Å². The van der Waals surface area contributed by atoms with Crippen LogP contribution in [0.1, 0.15) is 11.1 Å². The predicted octanol–water partition coefficient (Wildman–Crippen LogP) is 7.00. The molecule has 164 valence electrons. The van der Waals surface area contributed by atoms with Crippen molar-refractivity contribution in [2.75, 3.05) is 0 Å². The fourth-order valence-electron chi connectivity index (χ4n) is 4.81. The molecular formula is C30H20O4. The minimum atomic E-state index is -0.353. The molecule has 0 N–H and O–H groups in total. The topological polar surface area (TPSA) is 60.4 Å². The second-order valence-corrected chi connectivity index (χ2v) is 8.63. The zero-order valence-electron chi connectivity index (χ0n) is 18.7. The molecule has 0 aliphatic heterocycles. The molecule has 0 saturated heterocycles. The molecule has 6 aromatic rings. The normalized spacial score (nSPS) is 11.5. The van der Waals surface area contributed by atoms with E-state index in [2.05, 4.69) is 36.4 Å². The maximum atomic E-state index is 12.0. The molecule has 0 fully saturated rings. The van der Waals surface area contributed by atoms with E-state index in [0.717, 1.165) is 54.9 Å². The van der Waals surface area contributed by atoms with Crippen LogP contribution in [0, 0.1) is 13.8 Å². The molecule has 2 heterocycles. The number of aryl methyl sites for hydroxylation is 2. The quantitative estimate of drug-likeness (QED) is 0.270. The van der Waals surface area contributed by atoms with Gasteiger partial charge in [-0.05, 0) is 70.1 Å². The fraction of sp³-hybridized carbons (Fsp3) is 0.0667. The minimum Gasteiger partial charge on any atom is -0.423 e. The lowest BCUT2D eigenvalue weighted by molar-refractivity contribution is 0.559. The van der Waals surface area contributed by atoms with Crippen LogP contribution in [0.2, 0.25) is 0 Å². The van der Waals surface area contributed by atoms with Crippen LogP contribution >= 0.6 is 0 Å². The van der Waals surface area contributed by atoms with E-state index in [1.165, 1.54) is 12.1 Å². The van der Waals surface area contributed by atoms with Crippen molar-refractivity contribution < 1.29 is 8.83 Å². The summed E-state index contributed by atoms with van der Waals surface area (Å²) in [5.41, 5.74) is 6.20. The molecule has 0 unspecified atom stereocenters. The molecule has 0 saturated carbocycles. The molecule has 34 heavy (non-hydrogen) atoms. The van der Waals surface area contributed by atoms with Gasteiger partial charge in [0.05, 0.1) is 0 Å². The molecular weight excluding hydrogens is 424 g/mol. The van der Waals surface area contributed by atoms with Crippen molar-refractivity contribution in [3.63, 3.8) is 0 Å². The molecule has 6 rings (SSSR count). The largest absolute Gasteiger partial charge is 0.423 e. The van der Waals surface area contributed by atoms with Crippen molar-refractivity contribution in [1.82, 2.24) is 0 Å². The van der Waals surface area contributed by atoms with Crippen LogP contribution in [0.5, 0.6) is 0 Å². The first-order valence-electron chi connectivity index (χ1n) is 11.1. The van der Waals surface area contributed by atoms with Crippen LogP contribution in [0.3, 0.4) is 0 Å². The molecule has 4 heteroatoms. The standard InChI is InChI=1S/C30H20O4/c1-17-13-28(31)33-26-15-20(9-11-22(17)26)24-7-3-5-19-6-4-8-25(30(19)24)21-10-12-23-18(2)14-29(32)34-27(23)16-21/h3-16H,1-2H3. The van der Waals surface area contributed by atoms with Gasteiger partial charge in [0.25, 0.3) is 0 Å². The SMILES string of the molecule is Cc1cc(=O)oc2cc(-c3cccc4cccc(-c5ccc6c(C)cc(=O)oc6c5)c34)ccc12. The Kier molecular flexibility index (Phi) is 4.49. The molecule has 0 spiro atoms. The fourth-order valence-corrected chi connectivity index (χ4v) is 4.81. The number of hydrogen-bond donors (Lipinski definition) is 0. The molecule has 2 aromatic heterocycles. The molecule has 4 aromatic carbocycles. The second kappa shape index (κ2) is 7.56. The summed E-state index contributed by atoms with van der Waals surface area (Å²) in [6.07, 6.45) is 0. The van der Waals surface area contributed by atoms with Crippen LogP contribution in [0.4, 0.5) is 0 Å². The van der Waals surface area contributed by atoms with Gasteiger partial charge in [-0.25, -0.2) is 9.59 Å². The Bertz CT molecular complexity index is 1740. The van der Waals surface area contributed by atoms with E-state index in [0.29, 0.717) is 11.2 Å². The zero-order valence-corrected chi connectivity index (χ0v) is 18.7. The highest BCUT2D eigenvalue weighted by Crippen LogP contribution is 2.38. The maximum Gasteiger partial charge on any atom is 0.336 e. The van der Waals surface area contributed by atoms with E-state index in [4.69, 9.17) is 8.83 Å². The first-order valence-corrected chi connectivity index (χ1v) is 11.1. The predicted molar refractivity (Wildman–Crippen MR) is 136 cm³/mol. The van der Waals surface area contributed by atoms with E-state index in [1.807, 2.05) is 50.2 Å². The Morgan fingerprint density at radius 3 is 1.50 bits per heavy atom. The molecule has 0 atom stereocenters. The van der Waals surface area contributed by atoms with E-state index >= 15 is 0 Å². The van der Waals surface area contributed by atoms with Gasteiger partial charge in [0.15, 0.2) is 0 Å². The van der Waals surface area contributed by atoms with Crippen LogP contribution in [0.15, 0.2) is 103 Å². The highest BCUT2D eigenvalue weighted by atomic mass is 16.4. The van der Waals surface area contributed by atoms with Crippen molar-refractivity contribution in [3.05, 3.63) is 117 Å². The van der Waals surface area contributed by atoms with Crippen molar-refractivity contribution in [2.45, 2.75) is 13.8 Å². The highest BCUT2D eigenvalue weighted by molar-refractivity contribution is 6.07. The summed E-state index contributed by atoms with van der Waals surface area (Å²) in [6, 6.07) is 27.4. The Morgan fingerprint density at radius 1 is 0.559 bits per heavy atom. The molecule has 0 radical (unpaired) electrons. The van der Waals surface area contributed by atoms with Crippen LogP contribution in [0.25, 0.3) is 55.0 Å².